The van der Waals surface area contributed by atoms with Crippen LogP contribution in [0.5, 0.6) is 5.75 Å². The molecule has 5 heteroatoms. The Hall–Kier alpha value is -1.07. The van der Waals surface area contributed by atoms with E-state index in [1.807, 2.05) is 5.38 Å². The molecule has 0 saturated heterocycles. The standard InChI is InChI=1S/C11H15NO3S/c1-15-8-3-6-16-9(8)10(13)12-7-11(14)4-2-5-11/h3,6,14H,2,4-5,7H2,1H3,(H,12,13). The summed E-state index contributed by atoms with van der Waals surface area (Å²) in [6, 6.07) is 1.76. The highest BCUT2D eigenvalue weighted by molar-refractivity contribution is 7.12. The maximum atomic E-state index is 11.8. The molecule has 1 aliphatic carbocycles. The minimum absolute atomic E-state index is 0.174. The Morgan fingerprint density at radius 1 is 1.69 bits per heavy atom. The second-order valence-electron chi connectivity index (χ2n) is 4.08. The van der Waals surface area contributed by atoms with Crippen molar-refractivity contribution in [2.75, 3.05) is 13.7 Å². The summed E-state index contributed by atoms with van der Waals surface area (Å²) in [5.74, 6) is 0.412. The molecule has 1 heterocycles. The summed E-state index contributed by atoms with van der Waals surface area (Å²) < 4.78 is 5.07. The van der Waals surface area contributed by atoms with Gasteiger partial charge in [0.1, 0.15) is 10.6 Å². The van der Waals surface area contributed by atoms with Gasteiger partial charge < -0.3 is 15.2 Å². The van der Waals surface area contributed by atoms with Crippen molar-refractivity contribution in [3.05, 3.63) is 16.3 Å². The third-order valence-corrected chi connectivity index (χ3v) is 3.81. The molecule has 0 unspecified atom stereocenters. The van der Waals surface area contributed by atoms with Gasteiger partial charge in [-0.1, -0.05) is 0 Å². The van der Waals surface area contributed by atoms with E-state index in [2.05, 4.69) is 5.32 Å². The van der Waals surface area contributed by atoms with Crippen LogP contribution in [0.3, 0.4) is 0 Å². The molecule has 16 heavy (non-hydrogen) atoms. The number of amides is 1. The number of carbonyl (C=O) groups excluding carboxylic acids is 1. The highest BCUT2D eigenvalue weighted by Gasteiger charge is 2.34. The van der Waals surface area contributed by atoms with E-state index in [1.54, 1.807) is 6.07 Å². The molecule has 0 bridgehead atoms. The number of carbonyl (C=O) groups is 1. The predicted octanol–water partition coefficient (Wildman–Crippen LogP) is 1.40. The SMILES string of the molecule is COc1ccsc1C(=O)NCC1(O)CCC1. The lowest BCUT2D eigenvalue weighted by atomic mass is 9.80. The Morgan fingerprint density at radius 2 is 2.44 bits per heavy atom. The first-order chi connectivity index (χ1) is 7.64. The van der Waals surface area contributed by atoms with Crippen LogP contribution in [0, 0.1) is 0 Å². The molecule has 0 spiro atoms. The molecule has 1 saturated carbocycles. The van der Waals surface area contributed by atoms with Crippen LogP contribution in [-0.2, 0) is 0 Å². The molecular formula is C11H15NO3S. The minimum Gasteiger partial charge on any atom is -0.495 e. The number of ether oxygens (including phenoxy) is 1. The molecular weight excluding hydrogens is 226 g/mol. The molecule has 1 aromatic heterocycles. The Morgan fingerprint density at radius 3 is 3.00 bits per heavy atom. The van der Waals surface area contributed by atoms with Crippen LogP contribution in [0.1, 0.15) is 28.9 Å². The van der Waals surface area contributed by atoms with Gasteiger partial charge >= 0.3 is 0 Å². The zero-order valence-electron chi connectivity index (χ0n) is 9.16. The summed E-state index contributed by atoms with van der Waals surface area (Å²) >= 11 is 1.34. The summed E-state index contributed by atoms with van der Waals surface area (Å²) in [4.78, 5) is 12.3. The van der Waals surface area contributed by atoms with Crippen LogP contribution in [0.4, 0.5) is 0 Å². The molecule has 1 aromatic rings. The Bertz CT molecular complexity index is 384. The van der Waals surface area contributed by atoms with Gasteiger partial charge in [0, 0.05) is 6.54 Å². The van der Waals surface area contributed by atoms with Crippen molar-refractivity contribution in [2.45, 2.75) is 24.9 Å². The van der Waals surface area contributed by atoms with Crippen molar-refractivity contribution in [1.82, 2.24) is 5.32 Å². The number of aliphatic hydroxyl groups is 1. The van der Waals surface area contributed by atoms with Crippen LogP contribution in [0.15, 0.2) is 11.4 Å². The van der Waals surface area contributed by atoms with Gasteiger partial charge in [-0.2, -0.15) is 0 Å². The molecule has 2 rings (SSSR count). The summed E-state index contributed by atoms with van der Waals surface area (Å²) in [5.41, 5.74) is -0.680. The summed E-state index contributed by atoms with van der Waals surface area (Å²) in [6.45, 7) is 0.326. The smallest absolute Gasteiger partial charge is 0.265 e. The largest absolute Gasteiger partial charge is 0.495 e. The van der Waals surface area contributed by atoms with E-state index in [0.29, 0.717) is 17.2 Å². The normalized spacial score (nSPS) is 17.6. The van der Waals surface area contributed by atoms with E-state index in [9.17, 15) is 9.90 Å². The van der Waals surface area contributed by atoms with Crippen molar-refractivity contribution in [3.63, 3.8) is 0 Å². The maximum Gasteiger partial charge on any atom is 0.265 e. The first-order valence-corrected chi connectivity index (χ1v) is 6.15. The van der Waals surface area contributed by atoms with E-state index in [0.717, 1.165) is 19.3 Å². The first-order valence-electron chi connectivity index (χ1n) is 5.27. The molecule has 0 aromatic carbocycles. The van der Waals surface area contributed by atoms with Crippen LogP contribution in [0.2, 0.25) is 0 Å². The van der Waals surface area contributed by atoms with Gasteiger partial charge in [0.05, 0.1) is 12.7 Å². The predicted molar refractivity (Wildman–Crippen MR) is 62.0 cm³/mol. The van der Waals surface area contributed by atoms with Gasteiger partial charge in [-0.05, 0) is 30.7 Å². The van der Waals surface area contributed by atoms with Crippen molar-refractivity contribution in [2.24, 2.45) is 0 Å². The summed E-state index contributed by atoms with van der Waals surface area (Å²) in [6.07, 6.45) is 2.58. The highest BCUT2D eigenvalue weighted by atomic mass is 32.1. The van der Waals surface area contributed by atoms with Gasteiger partial charge in [-0.25, -0.2) is 0 Å². The molecule has 2 N–H and O–H groups in total. The van der Waals surface area contributed by atoms with Gasteiger partial charge in [0.2, 0.25) is 0 Å². The number of methoxy groups -OCH3 is 1. The third-order valence-electron chi connectivity index (χ3n) is 2.92. The lowest BCUT2D eigenvalue weighted by molar-refractivity contribution is -0.0300. The lowest BCUT2D eigenvalue weighted by Crippen LogP contribution is -2.47. The third kappa shape index (κ3) is 2.20. The molecule has 1 amide bonds. The minimum atomic E-state index is -0.680. The second kappa shape index (κ2) is 4.43. The summed E-state index contributed by atoms with van der Waals surface area (Å²) in [7, 11) is 1.54. The highest BCUT2D eigenvalue weighted by Crippen LogP contribution is 2.31. The average Bonchev–Trinajstić information content (AvgIpc) is 2.71. The fraction of sp³-hybridized carbons (Fsp3) is 0.545. The average molecular weight is 241 g/mol. The summed E-state index contributed by atoms with van der Waals surface area (Å²) in [5, 5.41) is 14.4. The Kier molecular flexibility index (Phi) is 3.16. The Balaban J connectivity index is 1.93. The molecule has 4 nitrogen and oxygen atoms in total. The van der Waals surface area contributed by atoms with Gasteiger partial charge in [-0.3, -0.25) is 4.79 Å². The van der Waals surface area contributed by atoms with E-state index in [-0.39, 0.29) is 5.91 Å². The molecule has 1 aliphatic rings. The van der Waals surface area contributed by atoms with Gasteiger partial charge in [0.25, 0.3) is 5.91 Å². The second-order valence-corrected chi connectivity index (χ2v) is 4.99. The van der Waals surface area contributed by atoms with Gasteiger partial charge in [-0.15, -0.1) is 11.3 Å². The van der Waals surface area contributed by atoms with Crippen LogP contribution in [-0.4, -0.2) is 30.3 Å². The van der Waals surface area contributed by atoms with E-state index < -0.39 is 5.60 Å². The van der Waals surface area contributed by atoms with Gasteiger partial charge in [0.15, 0.2) is 0 Å². The zero-order chi connectivity index (χ0) is 11.6. The fourth-order valence-electron chi connectivity index (χ4n) is 1.71. The molecule has 0 radical (unpaired) electrons. The maximum absolute atomic E-state index is 11.8. The molecule has 1 fully saturated rings. The quantitative estimate of drug-likeness (QED) is 0.837. The van der Waals surface area contributed by atoms with E-state index in [1.165, 1.54) is 18.4 Å². The van der Waals surface area contributed by atoms with E-state index in [4.69, 9.17) is 4.74 Å². The number of hydrogen-bond acceptors (Lipinski definition) is 4. The number of thiophene rings is 1. The van der Waals surface area contributed by atoms with Crippen LogP contribution in [0.25, 0.3) is 0 Å². The van der Waals surface area contributed by atoms with Crippen molar-refractivity contribution < 1.29 is 14.6 Å². The number of nitrogens with one attached hydrogen (secondary N) is 1. The number of rotatable bonds is 4. The fourth-order valence-corrected chi connectivity index (χ4v) is 2.48. The van der Waals surface area contributed by atoms with Crippen LogP contribution < -0.4 is 10.1 Å². The lowest BCUT2D eigenvalue weighted by Gasteiger charge is -2.36. The van der Waals surface area contributed by atoms with Crippen LogP contribution >= 0.6 is 11.3 Å². The zero-order valence-corrected chi connectivity index (χ0v) is 9.97. The molecule has 0 atom stereocenters. The Labute approximate surface area is 98.2 Å². The topological polar surface area (TPSA) is 58.6 Å². The van der Waals surface area contributed by atoms with Crippen molar-refractivity contribution in [1.29, 1.82) is 0 Å². The molecule has 88 valence electrons. The van der Waals surface area contributed by atoms with Crippen molar-refractivity contribution >= 4 is 17.2 Å². The molecule has 0 aliphatic heterocycles. The van der Waals surface area contributed by atoms with E-state index >= 15 is 0 Å². The first kappa shape index (κ1) is 11.4. The monoisotopic (exact) mass is 241 g/mol. The van der Waals surface area contributed by atoms with Crippen molar-refractivity contribution in [3.8, 4) is 5.75 Å². The number of hydrogen-bond donors (Lipinski definition) is 2.